The molecular formula is C31H39N7. The Morgan fingerprint density at radius 2 is 1.82 bits per heavy atom. The molecule has 3 aromatic heterocycles. The van der Waals surface area contributed by atoms with Crippen LogP contribution in [0.4, 0.5) is 5.95 Å². The third-order valence-corrected chi connectivity index (χ3v) is 8.42. The molecule has 7 nitrogen and oxygen atoms in total. The zero-order valence-corrected chi connectivity index (χ0v) is 22.7. The molecule has 1 aliphatic carbocycles. The van der Waals surface area contributed by atoms with Crippen LogP contribution in [0.15, 0.2) is 67.1 Å². The fraction of sp³-hybridized carbons (Fsp3) is 0.452. The summed E-state index contributed by atoms with van der Waals surface area (Å²) in [6, 6.07) is 17.5. The Hall–Kier alpha value is -3.29. The number of rotatable bonds is 8. The molecule has 0 saturated carbocycles. The van der Waals surface area contributed by atoms with Crippen LogP contribution in [0.25, 0.3) is 5.65 Å². The van der Waals surface area contributed by atoms with Crippen LogP contribution in [0.1, 0.15) is 60.7 Å². The van der Waals surface area contributed by atoms with Crippen LogP contribution in [0.3, 0.4) is 0 Å². The van der Waals surface area contributed by atoms with Gasteiger partial charge in [-0.3, -0.25) is 19.2 Å². The van der Waals surface area contributed by atoms with E-state index in [9.17, 15) is 0 Å². The largest absolute Gasteiger partial charge is 0.339 e. The number of hydrogen-bond acceptors (Lipinski definition) is 6. The van der Waals surface area contributed by atoms with Crippen LogP contribution in [0.2, 0.25) is 0 Å². The lowest BCUT2D eigenvalue weighted by Gasteiger charge is -2.35. The minimum Gasteiger partial charge on any atom is -0.339 e. The van der Waals surface area contributed by atoms with Crippen molar-refractivity contribution >= 4 is 11.6 Å². The summed E-state index contributed by atoms with van der Waals surface area (Å²) in [5, 5.41) is 0. The standard InChI is InChI=1S/C31H39N7/c1-24(25-8-4-3-5-9-25)14-17-36-18-20-37(21-19-36)31-33-16-13-29-34-27(23-38(29)31)22-35(2)28-12-6-10-26-11-7-15-32-30(26)28/h3-5,7-9,11,13,15-16,23-24,28H,6,10,12,14,17-22H2,1-2H3/t24?,28-/m0/s1. The summed E-state index contributed by atoms with van der Waals surface area (Å²) in [4.78, 5) is 21.9. The normalized spacial score (nSPS) is 19.1. The Labute approximate surface area is 226 Å². The molecule has 1 saturated heterocycles. The Morgan fingerprint density at radius 1 is 0.974 bits per heavy atom. The first-order chi connectivity index (χ1) is 18.7. The summed E-state index contributed by atoms with van der Waals surface area (Å²) in [5.41, 5.74) is 6.12. The van der Waals surface area contributed by atoms with Crippen molar-refractivity contribution in [2.24, 2.45) is 0 Å². The lowest BCUT2D eigenvalue weighted by atomic mass is 9.91. The van der Waals surface area contributed by atoms with E-state index in [2.05, 4.69) is 81.7 Å². The van der Waals surface area contributed by atoms with Crippen LogP contribution in [-0.2, 0) is 13.0 Å². The number of aryl methyl sites for hydroxylation is 1. The molecule has 0 amide bonds. The van der Waals surface area contributed by atoms with Gasteiger partial charge in [0, 0.05) is 51.3 Å². The van der Waals surface area contributed by atoms with Crippen LogP contribution in [0.5, 0.6) is 0 Å². The van der Waals surface area contributed by atoms with Gasteiger partial charge in [0.1, 0.15) is 5.65 Å². The maximum atomic E-state index is 4.98. The van der Waals surface area contributed by atoms with E-state index in [1.807, 2.05) is 18.5 Å². The van der Waals surface area contributed by atoms with Crippen LogP contribution >= 0.6 is 0 Å². The predicted molar refractivity (Wildman–Crippen MR) is 152 cm³/mol. The van der Waals surface area contributed by atoms with Gasteiger partial charge in [0.05, 0.1) is 17.4 Å². The number of hydrogen-bond donors (Lipinski definition) is 0. The molecule has 1 aliphatic heterocycles. The summed E-state index contributed by atoms with van der Waals surface area (Å²) in [6.07, 6.45) is 10.7. The molecule has 1 aromatic carbocycles. The molecule has 7 heteroatoms. The molecule has 0 bridgehead atoms. The molecule has 2 aliphatic rings. The minimum absolute atomic E-state index is 0.347. The Morgan fingerprint density at radius 3 is 2.66 bits per heavy atom. The highest BCUT2D eigenvalue weighted by Gasteiger charge is 2.26. The van der Waals surface area contributed by atoms with Crippen LogP contribution in [0, 0.1) is 0 Å². The minimum atomic E-state index is 0.347. The van der Waals surface area contributed by atoms with E-state index in [0.717, 1.165) is 69.4 Å². The van der Waals surface area contributed by atoms with Gasteiger partial charge in [-0.1, -0.05) is 43.3 Å². The molecule has 4 aromatic rings. The van der Waals surface area contributed by atoms with Crippen molar-refractivity contribution in [3.63, 3.8) is 0 Å². The SMILES string of the molecule is CC(CCN1CCN(c2nccc3nc(CN(C)[C@H]4CCCc5cccnc54)cn23)CC1)c1ccccc1. The maximum Gasteiger partial charge on any atom is 0.211 e. The van der Waals surface area contributed by atoms with Crippen molar-refractivity contribution in [1.29, 1.82) is 0 Å². The second-order valence-corrected chi connectivity index (χ2v) is 11.0. The molecule has 6 rings (SSSR count). The van der Waals surface area contributed by atoms with E-state index >= 15 is 0 Å². The number of aromatic nitrogens is 4. The third kappa shape index (κ3) is 5.31. The fourth-order valence-electron chi connectivity index (χ4n) is 6.14. The van der Waals surface area contributed by atoms with Gasteiger partial charge in [0.25, 0.3) is 0 Å². The molecule has 0 N–H and O–H groups in total. The fourth-order valence-corrected chi connectivity index (χ4v) is 6.14. The Kier molecular flexibility index (Phi) is 7.38. The quantitative estimate of drug-likeness (QED) is 0.335. The van der Waals surface area contributed by atoms with Gasteiger partial charge in [-0.05, 0) is 68.5 Å². The molecule has 198 valence electrons. The number of imidazole rings is 1. The van der Waals surface area contributed by atoms with Crippen molar-refractivity contribution < 1.29 is 0 Å². The van der Waals surface area contributed by atoms with Gasteiger partial charge in [0.15, 0.2) is 0 Å². The number of piperazine rings is 1. The lowest BCUT2D eigenvalue weighted by molar-refractivity contribution is 0.206. The molecule has 1 unspecified atom stereocenters. The van der Waals surface area contributed by atoms with E-state index in [1.165, 1.54) is 29.7 Å². The van der Waals surface area contributed by atoms with Crippen molar-refractivity contribution in [2.45, 2.75) is 51.1 Å². The second kappa shape index (κ2) is 11.2. The lowest BCUT2D eigenvalue weighted by Crippen LogP contribution is -2.47. The molecule has 0 spiro atoms. The number of fused-ring (bicyclic) bond motifs is 2. The summed E-state index contributed by atoms with van der Waals surface area (Å²) >= 11 is 0. The van der Waals surface area contributed by atoms with E-state index in [0.29, 0.717) is 12.0 Å². The van der Waals surface area contributed by atoms with E-state index in [-0.39, 0.29) is 0 Å². The first-order valence-electron chi connectivity index (χ1n) is 14.1. The van der Waals surface area contributed by atoms with Gasteiger partial charge in [-0.25, -0.2) is 9.97 Å². The predicted octanol–water partition coefficient (Wildman–Crippen LogP) is 4.95. The highest BCUT2D eigenvalue weighted by atomic mass is 15.3. The number of benzene rings is 1. The van der Waals surface area contributed by atoms with Crippen LogP contribution < -0.4 is 4.90 Å². The zero-order chi connectivity index (χ0) is 25.9. The van der Waals surface area contributed by atoms with Gasteiger partial charge in [-0.15, -0.1) is 0 Å². The van der Waals surface area contributed by atoms with Gasteiger partial charge < -0.3 is 4.90 Å². The zero-order valence-electron chi connectivity index (χ0n) is 22.7. The third-order valence-electron chi connectivity index (χ3n) is 8.42. The Bertz CT molecular complexity index is 1340. The molecule has 38 heavy (non-hydrogen) atoms. The van der Waals surface area contributed by atoms with Crippen molar-refractivity contribution in [3.8, 4) is 0 Å². The first kappa shape index (κ1) is 25.0. The smallest absolute Gasteiger partial charge is 0.211 e. The summed E-state index contributed by atoms with van der Waals surface area (Å²) in [5.74, 6) is 1.59. The molecule has 0 radical (unpaired) electrons. The van der Waals surface area contributed by atoms with Crippen LogP contribution in [-0.4, -0.2) is 68.9 Å². The monoisotopic (exact) mass is 509 g/mol. The number of anilines is 1. The number of pyridine rings is 1. The summed E-state index contributed by atoms with van der Waals surface area (Å²) in [6.45, 7) is 8.40. The average molecular weight is 510 g/mol. The summed E-state index contributed by atoms with van der Waals surface area (Å²) < 4.78 is 2.18. The molecular weight excluding hydrogens is 470 g/mol. The maximum absolute atomic E-state index is 4.98. The summed E-state index contributed by atoms with van der Waals surface area (Å²) in [7, 11) is 2.20. The highest BCUT2D eigenvalue weighted by molar-refractivity contribution is 5.48. The molecule has 2 atom stereocenters. The van der Waals surface area contributed by atoms with E-state index in [1.54, 1.807) is 0 Å². The highest BCUT2D eigenvalue weighted by Crippen LogP contribution is 2.32. The van der Waals surface area contributed by atoms with Crippen molar-refractivity contribution in [3.05, 3.63) is 89.6 Å². The Balaban J connectivity index is 1.09. The molecule has 4 heterocycles. The van der Waals surface area contributed by atoms with Crippen molar-refractivity contribution in [2.75, 3.05) is 44.7 Å². The van der Waals surface area contributed by atoms with E-state index < -0.39 is 0 Å². The first-order valence-corrected chi connectivity index (χ1v) is 14.1. The van der Waals surface area contributed by atoms with Gasteiger partial charge in [0.2, 0.25) is 5.95 Å². The van der Waals surface area contributed by atoms with Gasteiger partial charge in [-0.2, -0.15) is 0 Å². The molecule has 1 fully saturated rings. The average Bonchev–Trinajstić information content (AvgIpc) is 3.39. The van der Waals surface area contributed by atoms with E-state index in [4.69, 9.17) is 15.0 Å². The van der Waals surface area contributed by atoms with Gasteiger partial charge >= 0.3 is 0 Å². The topological polar surface area (TPSA) is 52.8 Å². The van der Waals surface area contributed by atoms with Crippen molar-refractivity contribution in [1.82, 2.24) is 29.2 Å². The number of nitrogens with zero attached hydrogens (tertiary/aromatic N) is 7. The second-order valence-electron chi connectivity index (χ2n) is 11.0.